The van der Waals surface area contributed by atoms with Crippen LogP contribution in [-0.4, -0.2) is 62.3 Å². The van der Waals surface area contributed by atoms with Crippen LogP contribution in [0.3, 0.4) is 0 Å². The summed E-state index contributed by atoms with van der Waals surface area (Å²) in [7, 11) is -4.35. The van der Waals surface area contributed by atoms with E-state index in [1.54, 1.807) is 32.0 Å². The maximum atomic E-state index is 13.6. The number of esters is 1. The van der Waals surface area contributed by atoms with Crippen LogP contribution >= 0.6 is 7.75 Å². The largest absolute Gasteiger partial charge is 0.462 e. The number of benzene rings is 1. The Hall–Kier alpha value is -2.80. The van der Waals surface area contributed by atoms with Gasteiger partial charge in [0.05, 0.1) is 15.5 Å². The lowest BCUT2D eigenvalue weighted by Crippen LogP contribution is -2.47. The van der Waals surface area contributed by atoms with Crippen molar-refractivity contribution in [3.63, 3.8) is 0 Å². The minimum atomic E-state index is -4.35. The van der Waals surface area contributed by atoms with E-state index in [0.29, 0.717) is 4.57 Å². The number of aliphatic hydroxyl groups excluding tert-OH is 1. The Morgan fingerprint density at radius 3 is 2.64 bits per heavy atom. The summed E-state index contributed by atoms with van der Waals surface area (Å²) >= 11 is 0. The quantitative estimate of drug-likeness (QED) is 0.251. The van der Waals surface area contributed by atoms with Crippen LogP contribution in [0, 0.1) is 0 Å². The molecule has 0 aliphatic carbocycles. The van der Waals surface area contributed by atoms with Crippen molar-refractivity contribution in [2.75, 3.05) is 6.61 Å². The highest BCUT2D eigenvalue weighted by Crippen LogP contribution is 2.46. The predicted octanol–water partition coefficient (Wildman–Crippen LogP) is 0.679. The van der Waals surface area contributed by atoms with Crippen LogP contribution < -0.4 is 20.9 Å². The molecule has 1 saturated heterocycles. The Bertz CT molecular complexity index is 1320. The van der Waals surface area contributed by atoms with Crippen LogP contribution in [0.5, 0.6) is 5.75 Å². The zero-order valence-corrected chi connectivity index (χ0v) is 20.9. The van der Waals surface area contributed by atoms with Gasteiger partial charge >= 0.3 is 19.4 Å². The molecule has 0 spiro atoms. The summed E-state index contributed by atoms with van der Waals surface area (Å²) < 4.78 is 51.5. The van der Waals surface area contributed by atoms with Gasteiger partial charge in [0.2, 0.25) is 0 Å². The van der Waals surface area contributed by atoms with Crippen molar-refractivity contribution in [3.05, 3.63) is 63.4 Å². The smallest absolute Gasteiger partial charge is 0.459 e. The van der Waals surface area contributed by atoms with Crippen LogP contribution in [-0.2, 0) is 23.4 Å². The number of aromatic amines is 1. The fourth-order valence-corrected chi connectivity index (χ4v) is 4.88. The molecule has 1 fully saturated rings. The van der Waals surface area contributed by atoms with Crippen LogP contribution in [0.15, 0.2) is 52.1 Å². The van der Waals surface area contributed by atoms with E-state index in [9.17, 15) is 29.2 Å². The highest BCUT2D eigenvalue weighted by Gasteiger charge is 2.54. The number of nitrogens with one attached hydrogen (secondary N) is 2. The highest BCUT2D eigenvalue weighted by molar-refractivity contribution is 7.52. The summed E-state index contributed by atoms with van der Waals surface area (Å²) in [6.45, 7) is 5.11. The molecule has 198 valence electrons. The summed E-state index contributed by atoms with van der Waals surface area (Å²) in [5.74, 6) is -0.598. The number of nitrogens with zero attached hydrogens (tertiary/aromatic N) is 1. The van der Waals surface area contributed by atoms with Gasteiger partial charge in [0.25, 0.3) is 5.56 Å². The molecule has 1 aromatic carbocycles. The zero-order chi connectivity index (χ0) is 28.4. The van der Waals surface area contributed by atoms with Crippen molar-refractivity contribution in [1.82, 2.24) is 14.6 Å². The van der Waals surface area contributed by atoms with Gasteiger partial charge in [0.1, 0.15) is 29.6 Å². The monoisotopic (exact) mass is 529 g/mol. The molecule has 0 radical (unpaired) electrons. The molecule has 1 aliphatic rings. The van der Waals surface area contributed by atoms with Crippen molar-refractivity contribution in [3.8, 4) is 5.75 Å². The number of para-hydroxylation sites is 1. The summed E-state index contributed by atoms with van der Waals surface area (Å²) in [6, 6.07) is 5.91. The molecule has 1 aliphatic heterocycles. The first-order valence-corrected chi connectivity index (χ1v) is 12.6. The minimum absolute atomic E-state index is 0.132. The van der Waals surface area contributed by atoms with Crippen LogP contribution in [0.1, 0.15) is 36.7 Å². The molecule has 14 heteroatoms. The van der Waals surface area contributed by atoms with Crippen LogP contribution in [0.25, 0.3) is 0 Å². The normalized spacial score (nSPS) is 27.1. The second-order valence-corrected chi connectivity index (χ2v) is 10.3. The van der Waals surface area contributed by atoms with E-state index >= 15 is 0 Å². The third-order valence-corrected chi connectivity index (χ3v) is 6.80. The average molecular weight is 529 g/mol. The standard InChI is InChI=1S/C22H30N3O10P/c1-13(2)33-19(28)14(3)24-36(31,35-15-8-6-5-7-9-15)32-12-16-18(27)22(4,30)20(34-16)25-11-10-17(26)23-21(25)29/h5-11,13-14,16,18,20,27,30H,12H2,1-4H3,(H,24,31)(H,23,26,29)/t14-,16+,18+,20+,22+,36-/m0/s1/i10D,11D. The fourth-order valence-electron chi connectivity index (χ4n) is 3.37. The molecule has 2 heterocycles. The number of rotatable bonds is 10. The van der Waals surface area contributed by atoms with Gasteiger partial charge in [-0.15, -0.1) is 0 Å². The molecule has 2 aromatic rings. The van der Waals surface area contributed by atoms with E-state index in [-0.39, 0.29) is 5.75 Å². The third kappa shape index (κ3) is 6.49. The summed E-state index contributed by atoms with van der Waals surface area (Å²) in [4.78, 5) is 38.1. The minimum Gasteiger partial charge on any atom is -0.462 e. The van der Waals surface area contributed by atoms with Crippen LogP contribution in [0.2, 0.25) is 0 Å². The summed E-state index contributed by atoms with van der Waals surface area (Å²) in [5, 5.41) is 24.1. The molecule has 3 rings (SSSR count). The number of aromatic nitrogens is 2. The number of aliphatic hydroxyl groups is 2. The van der Waals surface area contributed by atoms with E-state index < -0.39 is 80.0 Å². The van der Waals surface area contributed by atoms with Crippen molar-refractivity contribution < 1.29 is 40.8 Å². The second-order valence-electron chi connectivity index (χ2n) is 8.60. The van der Waals surface area contributed by atoms with E-state index in [1.165, 1.54) is 19.1 Å². The molecule has 0 unspecified atom stereocenters. The molecule has 6 atom stereocenters. The molecule has 36 heavy (non-hydrogen) atoms. The lowest BCUT2D eigenvalue weighted by atomic mass is 9.96. The van der Waals surface area contributed by atoms with Gasteiger partial charge in [0.15, 0.2) is 6.23 Å². The molecule has 13 nitrogen and oxygen atoms in total. The van der Waals surface area contributed by atoms with Crippen LogP contribution in [0.4, 0.5) is 0 Å². The second kappa shape index (κ2) is 11.1. The number of hydrogen-bond acceptors (Lipinski definition) is 10. The van der Waals surface area contributed by atoms with Gasteiger partial charge in [-0.05, 0) is 39.8 Å². The fraction of sp³-hybridized carbons (Fsp3) is 0.500. The van der Waals surface area contributed by atoms with E-state index in [4.69, 9.17) is 21.3 Å². The molecule has 0 saturated carbocycles. The number of carbonyl (C=O) groups is 1. The summed E-state index contributed by atoms with van der Waals surface area (Å²) in [6.07, 6.45) is -6.17. The van der Waals surface area contributed by atoms with Crippen molar-refractivity contribution in [2.24, 2.45) is 0 Å². The number of carbonyl (C=O) groups excluding carboxylic acids is 1. The van der Waals surface area contributed by atoms with E-state index in [2.05, 4.69) is 5.09 Å². The first-order chi connectivity index (χ1) is 17.7. The van der Waals surface area contributed by atoms with Gasteiger partial charge in [0, 0.05) is 12.2 Å². The van der Waals surface area contributed by atoms with Crippen molar-refractivity contribution in [2.45, 2.75) is 63.9 Å². The van der Waals surface area contributed by atoms with E-state index in [0.717, 1.165) is 6.92 Å². The van der Waals surface area contributed by atoms with Gasteiger partial charge < -0.3 is 24.2 Å². The Morgan fingerprint density at radius 2 is 2.00 bits per heavy atom. The average Bonchev–Trinajstić information content (AvgIpc) is 3.05. The lowest BCUT2D eigenvalue weighted by molar-refractivity contribution is -0.149. The van der Waals surface area contributed by atoms with Gasteiger partial charge in [-0.2, -0.15) is 5.09 Å². The topological polar surface area (TPSA) is 178 Å². The first kappa shape index (κ1) is 24.9. The molecular weight excluding hydrogens is 497 g/mol. The Kier molecular flexibility index (Phi) is 7.65. The third-order valence-electron chi connectivity index (χ3n) is 5.15. The molecule has 0 amide bonds. The lowest BCUT2D eigenvalue weighted by Gasteiger charge is -2.27. The first-order valence-electron chi connectivity index (χ1n) is 12.0. The molecule has 4 N–H and O–H groups in total. The number of ether oxygens (including phenoxy) is 2. The SMILES string of the molecule is [2H]c1c([2H])n([C@@H]2O[C@H](CO[P@@](=O)(N[C@@H](C)C(=O)OC(C)C)Oc3ccccc3)[C@@H](O)[C@@]2(C)O)c(=O)[nH]c1=O. The maximum absolute atomic E-state index is 13.6. The van der Waals surface area contributed by atoms with Gasteiger partial charge in [-0.1, -0.05) is 18.2 Å². The zero-order valence-electron chi connectivity index (χ0n) is 22.0. The molecule has 0 bridgehead atoms. The molecular formula is C22H30N3O10P. The van der Waals surface area contributed by atoms with E-state index in [1.807, 2.05) is 4.98 Å². The molecule has 1 aromatic heterocycles. The Labute approximate surface area is 209 Å². The predicted molar refractivity (Wildman–Crippen MR) is 126 cm³/mol. The summed E-state index contributed by atoms with van der Waals surface area (Å²) in [5.41, 5.74) is -4.46. The number of hydrogen-bond donors (Lipinski definition) is 4. The Morgan fingerprint density at radius 1 is 1.33 bits per heavy atom. The maximum Gasteiger partial charge on any atom is 0.459 e. The highest BCUT2D eigenvalue weighted by atomic mass is 31.2. The Balaban J connectivity index is 1.85. The van der Waals surface area contributed by atoms with Crippen molar-refractivity contribution in [1.29, 1.82) is 0 Å². The number of H-pyrrole nitrogens is 1. The van der Waals surface area contributed by atoms with Crippen molar-refractivity contribution >= 4 is 13.7 Å². The van der Waals surface area contributed by atoms with Gasteiger partial charge in [-0.25, -0.2) is 9.36 Å². The van der Waals surface area contributed by atoms with Gasteiger partial charge in [-0.3, -0.25) is 23.7 Å².